The van der Waals surface area contributed by atoms with Crippen molar-refractivity contribution in [1.29, 1.82) is 0 Å². The Morgan fingerprint density at radius 1 is 1.56 bits per heavy atom. The number of carbonyl (C=O) groups excluding carboxylic acids is 1. The van der Waals surface area contributed by atoms with E-state index in [0.717, 1.165) is 0 Å². The quantitative estimate of drug-likeness (QED) is 0.608. The van der Waals surface area contributed by atoms with Crippen LogP contribution in [-0.2, 0) is 9.53 Å². The van der Waals surface area contributed by atoms with E-state index in [2.05, 4.69) is 20.8 Å². The molecule has 0 atom stereocenters. The highest BCUT2D eigenvalue weighted by molar-refractivity contribution is 6.32. The highest BCUT2D eigenvalue weighted by atomic mass is 35.5. The molecule has 1 rings (SSSR count). The Bertz CT molecular complexity index is 449. The molecule has 100 valence electrons. The van der Waals surface area contributed by atoms with Gasteiger partial charge in [0.15, 0.2) is 0 Å². The maximum Gasteiger partial charge on any atom is 0.285 e. The first-order valence-corrected chi connectivity index (χ1v) is 5.75. The second-order valence-electron chi connectivity index (χ2n) is 3.45. The first-order chi connectivity index (χ1) is 8.65. The van der Waals surface area contributed by atoms with Gasteiger partial charge in [-0.3, -0.25) is 9.59 Å². The van der Waals surface area contributed by atoms with Gasteiger partial charge in [-0.2, -0.15) is 5.10 Å². The second kappa shape index (κ2) is 7.67. The van der Waals surface area contributed by atoms with Crippen LogP contribution in [0.4, 0.5) is 5.69 Å². The Hall–Kier alpha value is -1.60. The monoisotopic (exact) mass is 274 g/mol. The highest BCUT2D eigenvalue weighted by Gasteiger charge is 2.05. The van der Waals surface area contributed by atoms with E-state index in [0.29, 0.717) is 25.4 Å². The maximum absolute atomic E-state index is 11.3. The minimum absolute atomic E-state index is 0.0322. The fourth-order valence-electron chi connectivity index (χ4n) is 1.20. The number of carbonyl (C=O) groups is 1. The molecule has 3 N–H and O–H groups in total. The van der Waals surface area contributed by atoms with Gasteiger partial charge in [-0.05, 0) is 0 Å². The minimum atomic E-state index is -0.466. The largest absolute Gasteiger partial charge is 0.383 e. The summed E-state index contributed by atoms with van der Waals surface area (Å²) in [6.45, 7) is 1.31. The smallest absolute Gasteiger partial charge is 0.285 e. The summed E-state index contributed by atoms with van der Waals surface area (Å²) in [6.07, 6.45) is 1.67. The van der Waals surface area contributed by atoms with Crippen molar-refractivity contribution in [2.24, 2.45) is 0 Å². The van der Waals surface area contributed by atoms with Crippen LogP contribution in [0.5, 0.6) is 0 Å². The lowest BCUT2D eigenvalue weighted by Crippen LogP contribution is -2.28. The minimum Gasteiger partial charge on any atom is -0.383 e. The average molecular weight is 275 g/mol. The van der Waals surface area contributed by atoms with Crippen molar-refractivity contribution in [2.75, 3.05) is 32.1 Å². The number of nitrogens with zero attached hydrogens (tertiary/aromatic N) is 1. The summed E-state index contributed by atoms with van der Waals surface area (Å²) < 4.78 is 4.80. The average Bonchev–Trinajstić information content (AvgIpc) is 2.35. The highest BCUT2D eigenvalue weighted by Crippen LogP contribution is 2.13. The third-order valence-corrected chi connectivity index (χ3v) is 2.47. The molecule has 0 saturated heterocycles. The molecular weight excluding hydrogens is 260 g/mol. The van der Waals surface area contributed by atoms with Crippen LogP contribution in [0, 0.1) is 0 Å². The van der Waals surface area contributed by atoms with Gasteiger partial charge in [0.2, 0.25) is 5.91 Å². The maximum atomic E-state index is 11.3. The summed E-state index contributed by atoms with van der Waals surface area (Å²) in [4.78, 5) is 22.5. The van der Waals surface area contributed by atoms with Crippen LogP contribution in [-0.4, -0.2) is 42.9 Å². The van der Waals surface area contributed by atoms with E-state index in [1.807, 2.05) is 0 Å². The zero-order valence-corrected chi connectivity index (χ0v) is 10.7. The molecule has 7 nitrogen and oxygen atoms in total. The van der Waals surface area contributed by atoms with Gasteiger partial charge in [0, 0.05) is 26.6 Å². The molecule has 0 aromatic carbocycles. The number of methoxy groups -OCH3 is 1. The molecule has 0 bridgehead atoms. The molecule has 0 fully saturated rings. The van der Waals surface area contributed by atoms with Crippen LogP contribution < -0.4 is 16.2 Å². The number of ether oxygens (including phenoxy) is 1. The van der Waals surface area contributed by atoms with E-state index < -0.39 is 5.56 Å². The molecule has 1 aromatic rings. The Labute approximate surface area is 109 Å². The first-order valence-electron chi connectivity index (χ1n) is 5.38. The van der Waals surface area contributed by atoms with Crippen molar-refractivity contribution in [3.05, 3.63) is 21.6 Å². The van der Waals surface area contributed by atoms with Crippen LogP contribution in [0.2, 0.25) is 5.02 Å². The zero-order valence-electron chi connectivity index (χ0n) is 9.96. The van der Waals surface area contributed by atoms with E-state index in [9.17, 15) is 9.59 Å². The van der Waals surface area contributed by atoms with Crippen LogP contribution in [0.15, 0.2) is 11.0 Å². The summed E-state index contributed by atoms with van der Waals surface area (Å²) in [5, 5.41) is 11.4. The lowest BCUT2D eigenvalue weighted by molar-refractivity contribution is -0.121. The number of halogens is 1. The zero-order chi connectivity index (χ0) is 13.4. The van der Waals surface area contributed by atoms with Crippen LogP contribution in [0.1, 0.15) is 6.42 Å². The van der Waals surface area contributed by atoms with E-state index in [-0.39, 0.29) is 17.4 Å². The predicted octanol–water partition coefficient (Wildman–Crippen LogP) is -0.0121. The standard InChI is InChI=1S/C10H15ClN4O3/c1-18-5-4-13-8(16)2-3-12-7-6-14-15-10(17)9(7)11/h6H,2-5H2,1H3,(H,13,16)(H2,12,15,17). The number of rotatable bonds is 7. The molecule has 1 amide bonds. The third-order valence-electron chi connectivity index (χ3n) is 2.09. The number of hydrogen-bond donors (Lipinski definition) is 3. The van der Waals surface area contributed by atoms with Gasteiger partial charge in [-0.15, -0.1) is 0 Å². The molecule has 1 aromatic heterocycles. The Morgan fingerprint density at radius 3 is 3.06 bits per heavy atom. The number of nitrogens with one attached hydrogen (secondary N) is 3. The SMILES string of the molecule is COCCNC(=O)CCNc1cn[nH]c(=O)c1Cl. The van der Waals surface area contributed by atoms with Gasteiger partial charge in [0.1, 0.15) is 5.02 Å². The molecule has 0 spiro atoms. The Balaban J connectivity index is 2.31. The molecule has 1 heterocycles. The summed E-state index contributed by atoms with van der Waals surface area (Å²) in [6, 6.07) is 0. The fraction of sp³-hybridized carbons (Fsp3) is 0.500. The van der Waals surface area contributed by atoms with Gasteiger partial charge in [0.25, 0.3) is 5.56 Å². The molecule has 8 heteroatoms. The molecule has 0 saturated carbocycles. The number of hydrogen-bond acceptors (Lipinski definition) is 5. The van der Waals surface area contributed by atoms with Gasteiger partial charge < -0.3 is 15.4 Å². The molecule has 0 aliphatic heterocycles. The van der Waals surface area contributed by atoms with Crippen LogP contribution in [0.25, 0.3) is 0 Å². The van der Waals surface area contributed by atoms with Gasteiger partial charge in [0.05, 0.1) is 18.5 Å². The number of aromatic amines is 1. The molecule has 0 unspecified atom stereocenters. The number of anilines is 1. The van der Waals surface area contributed by atoms with Crippen LogP contribution >= 0.6 is 11.6 Å². The molecule has 0 aliphatic carbocycles. The molecule has 0 aliphatic rings. The lowest BCUT2D eigenvalue weighted by atomic mass is 10.3. The van der Waals surface area contributed by atoms with E-state index in [1.54, 1.807) is 7.11 Å². The number of aromatic nitrogens is 2. The van der Waals surface area contributed by atoms with Crippen molar-refractivity contribution in [3.8, 4) is 0 Å². The number of H-pyrrole nitrogens is 1. The summed E-state index contributed by atoms with van der Waals surface area (Å²) in [7, 11) is 1.57. The molecule has 18 heavy (non-hydrogen) atoms. The van der Waals surface area contributed by atoms with Crippen molar-refractivity contribution in [2.45, 2.75) is 6.42 Å². The summed E-state index contributed by atoms with van der Waals surface area (Å²) in [5.41, 5.74) is -0.0590. The van der Waals surface area contributed by atoms with Gasteiger partial charge in [-0.25, -0.2) is 5.10 Å². The lowest BCUT2D eigenvalue weighted by Gasteiger charge is -2.07. The molecule has 0 radical (unpaired) electrons. The third kappa shape index (κ3) is 4.72. The second-order valence-corrected chi connectivity index (χ2v) is 3.82. The predicted molar refractivity (Wildman–Crippen MR) is 67.9 cm³/mol. The van der Waals surface area contributed by atoms with E-state index in [1.165, 1.54) is 6.20 Å². The van der Waals surface area contributed by atoms with Crippen molar-refractivity contribution in [3.63, 3.8) is 0 Å². The van der Waals surface area contributed by atoms with Gasteiger partial charge in [-0.1, -0.05) is 11.6 Å². The normalized spacial score (nSPS) is 10.1. The van der Waals surface area contributed by atoms with Crippen molar-refractivity contribution < 1.29 is 9.53 Å². The Morgan fingerprint density at radius 2 is 2.33 bits per heavy atom. The number of amides is 1. The van der Waals surface area contributed by atoms with E-state index in [4.69, 9.17) is 16.3 Å². The fourth-order valence-corrected chi connectivity index (χ4v) is 1.36. The summed E-state index contributed by atoms with van der Waals surface area (Å²) in [5.74, 6) is -0.103. The van der Waals surface area contributed by atoms with Crippen molar-refractivity contribution in [1.82, 2.24) is 15.5 Å². The topological polar surface area (TPSA) is 96.1 Å². The first kappa shape index (κ1) is 14.5. The Kier molecular flexibility index (Phi) is 6.16. The van der Waals surface area contributed by atoms with E-state index >= 15 is 0 Å². The van der Waals surface area contributed by atoms with Gasteiger partial charge >= 0.3 is 0 Å². The van der Waals surface area contributed by atoms with Crippen molar-refractivity contribution >= 4 is 23.2 Å². The summed E-state index contributed by atoms with van der Waals surface area (Å²) >= 11 is 5.75. The molecular formula is C10H15ClN4O3. The van der Waals surface area contributed by atoms with Crippen LogP contribution in [0.3, 0.4) is 0 Å².